The second kappa shape index (κ2) is 9.46. The van der Waals surface area contributed by atoms with Gasteiger partial charge < -0.3 is 14.8 Å². The number of carbonyl (C=O) groups excluding carboxylic acids is 1. The highest BCUT2D eigenvalue weighted by atomic mass is 16.5. The van der Waals surface area contributed by atoms with Gasteiger partial charge in [-0.3, -0.25) is 9.69 Å². The first-order chi connectivity index (χ1) is 14.7. The maximum atomic E-state index is 12.7. The summed E-state index contributed by atoms with van der Waals surface area (Å²) in [5.41, 5.74) is 3.24. The molecule has 154 valence electrons. The lowest BCUT2D eigenvalue weighted by Crippen LogP contribution is -2.38. The molecule has 30 heavy (non-hydrogen) atoms. The molecule has 0 aliphatic carbocycles. The molecule has 0 radical (unpaired) electrons. The molecule has 1 unspecified atom stereocenters. The van der Waals surface area contributed by atoms with Gasteiger partial charge in [-0.05, 0) is 29.3 Å². The first-order valence-electron chi connectivity index (χ1n) is 10.1. The summed E-state index contributed by atoms with van der Waals surface area (Å²) in [6.07, 6.45) is -0.121. The van der Waals surface area contributed by atoms with Crippen molar-refractivity contribution in [3.63, 3.8) is 0 Å². The molecule has 1 heterocycles. The first-order valence-corrected chi connectivity index (χ1v) is 10.1. The molecule has 1 amide bonds. The summed E-state index contributed by atoms with van der Waals surface area (Å²) in [4.78, 5) is 14.8. The van der Waals surface area contributed by atoms with E-state index in [1.54, 1.807) is 7.11 Å². The second-order valence-corrected chi connectivity index (χ2v) is 7.42. The highest BCUT2D eigenvalue weighted by Crippen LogP contribution is 2.30. The Morgan fingerprint density at radius 2 is 1.77 bits per heavy atom. The van der Waals surface area contributed by atoms with Crippen molar-refractivity contribution in [3.8, 4) is 11.5 Å². The molecule has 1 N–H and O–H groups in total. The molecule has 0 bridgehead atoms. The first kappa shape index (κ1) is 20.0. The third kappa shape index (κ3) is 4.99. The van der Waals surface area contributed by atoms with Crippen molar-refractivity contribution >= 4 is 5.91 Å². The van der Waals surface area contributed by atoms with E-state index in [2.05, 4.69) is 28.4 Å². The summed E-state index contributed by atoms with van der Waals surface area (Å²) in [5, 5.41) is 3.02. The number of methoxy groups -OCH3 is 1. The van der Waals surface area contributed by atoms with Crippen molar-refractivity contribution in [3.05, 3.63) is 95.6 Å². The molecular formula is C25H26N2O3. The number of benzene rings is 3. The summed E-state index contributed by atoms with van der Waals surface area (Å²) >= 11 is 0. The lowest BCUT2D eigenvalue weighted by atomic mass is 10.1. The molecule has 0 fully saturated rings. The number of para-hydroxylation sites is 1. The van der Waals surface area contributed by atoms with Gasteiger partial charge in [-0.1, -0.05) is 60.7 Å². The number of nitrogens with zero attached hydrogens (tertiary/aromatic N) is 1. The molecule has 3 aromatic rings. The van der Waals surface area contributed by atoms with E-state index in [1.165, 1.54) is 0 Å². The monoisotopic (exact) mass is 402 g/mol. The van der Waals surface area contributed by atoms with E-state index in [1.807, 2.05) is 60.7 Å². The van der Waals surface area contributed by atoms with E-state index in [9.17, 15) is 4.79 Å². The van der Waals surface area contributed by atoms with Crippen molar-refractivity contribution in [2.45, 2.75) is 19.2 Å². The number of ether oxygens (including phenoxy) is 2. The molecule has 1 atom stereocenters. The minimum atomic E-state index is -0.121. The quantitative estimate of drug-likeness (QED) is 0.678. The third-order valence-electron chi connectivity index (χ3n) is 5.25. The lowest BCUT2D eigenvalue weighted by Gasteiger charge is -2.23. The number of amides is 1. The third-order valence-corrected chi connectivity index (χ3v) is 5.25. The van der Waals surface area contributed by atoms with Gasteiger partial charge >= 0.3 is 0 Å². The predicted octanol–water partition coefficient (Wildman–Crippen LogP) is 3.95. The zero-order valence-electron chi connectivity index (χ0n) is 17.1. The average molecular weight is 402 g/mol. The second-order valence-electron chi connectivity index (χ2n) is 7.42. The summed E-state index contributed by atoms with van der Waals surface area (Å²) in [7, 11) is 1.64. The minimum absolute atomic E-state index is 0.00277. The number of hydrogen-bond acceptors (Lipinski definition) is 4. The fourth-order valence-electron chi connectivity index (χ4n) is 3.64. The smallest absolute Gasteiger partial charge is 0.234 e. The maximum absolute atomic E-state index is 12.7. The van der Waals surface area contributed by atoms with Crippen molar-refractivity contribution in [1.29, 1.82) is 0 Å². The Bertz CT molecular complexity index is 973. The van der Waals surface area contributed by atoms with Gasteiger partial charge in [0.1, 0.15) is 17.6 Å². The zero-order valence-corrected chi connectivity index (χ0v) is 17.1. The Kier molecular flexibility index (Phi) is 6.30. The molecular weight excluding hydrogens is 376 g/mol. The summed E-state index contributed by atoms with van der Waals surface area (Å²) in [6, 6.07) is 25.9. The Balaban J connectivity index is 1.43. The molecule has 1 aliphatic rings. The molecule has 0 saturated heterocycles. The van der Waals surface area contributed by atoms with E-state index in [0.29, 0.717) is 26.2 Å². The van der Waals surface area contributed by atoms with Crippen molar-refractivity contribution < 1.29 is 14.3 Å². The van der Waals surface area contributed by atoms with Crippen LogP contribution < -0.4 is 14.8 Å². The van der Waals surface area contributed by atoms with E-state index in [4.69, 9.17) is 9.47 Å². The molecule has 0 spiro atoms. The van der Waals surface area contributed by atoms with Crippen LogP contribution in [0.4, 0.5) is 0 Å². The summed E-state index contributed by atoms with van der Waals surface area (Å²) in [5.74, 6) is 1.68. The van der Waals surface area contributed by atoms with Gasteiger partial charge in [0, 0.05) is 25.2 Å². The fourth-order valence-corrected chi connectivity index (χ4v) is 3.64. The van der Waals surface area contributed by atoms with Crippen LogP contribution in [0.5, 0.6) is 11.5 Å². The molecule has 5 heteroatoms. The molecule has 3 aromatic carbocycles. The van der Waals surface area contributed by atoms with Gasteiger partial charge in [-0.25, -0.2) is 0 Å². The van der Waals surface area contributed by atoms with E-state index in [-0.39, 0.29) is 12.0 Å². The average Bonchev–Trinajstić information content (AvgIpc) is 2.97. The number of nitrogens with one attached hydrogen (secondary N) is 1. The van der Waals surface area contributed by atoms with Crippen LogP contribution in [0.25, 0.3) is 0 Å². The molecule has 1 aliphatic heterocycles. The highest BCUT2D eigenvalue weighted by molar-refractivity contribution is 5.78. The van der Waals surface area contributed by atoms with Gasteiger partial charge in [-0.15, -0.1) is 0 Å². The van der Waals surface area contributed by atoms with Gasteiger partial charge in [0.05, 0.1) is 13.7 Å². The van der Waals surface area contributed by atoms with Crippen molar-refractivity contribution in [2.24, 2.45) is 0 Å². The molecule has 4 rings (SSSR count). The van der Waals surface area contributed by atoms with E-state index < -0.39 is 0 Å². The van der Waals surface area contributed by atoms with Crippen LogP contribution in [-0.4, -0.2) is 31.0 Å². The number of carbonyl (C=O) groups is 1. The van der Waals surface area contributed by atoms with Crippen LogP contribution in [0.3, 0.4) is 0 Å². The standard InChI is InChI=1S/C25H26N2O3/c1-29-22-13-11-19(12-14-22)15-26-25(28)18-27-16-21-9-5-6-10-23(21)30-24(17-27)20-7-3-2-4-8-20/h2-14,24H,15-18H2,1H3,(H,26,28). The van der Waals surface area contributed by atoms with Gasteiger partial charge in [0.2, 0.25) is 5.91 Å². The summed E-state index contributed by atoms with van der Waals surface area (Å²) in [6.45, 7) is 2.13. The molecule has 0 saturated carbocycles. The van der Waals surface area contributed by atoms with Gasteiger partial charge in [-0.2, -0.15) is 0 Å². The number of rotatable bonds is 6. The zero-order chi connectivity index (χ0) is 20.8. The van der Waals surface area contributed by atoms with E-state index >= 15 is 0 Å². The molecule has 0 aromatic heterocycles. The molecule has 5 nitrogen and oxygen atoms in total. The summed E-state index contributed by atoms with van der Waals surface area (Å²) < 4.78 is 11.5. The largest absolute Gasteiger partial charge is 0.497 e. The van der Waals surface area contributed by atoms with Crippen LogP contribution >= 0.6 is 0 Å². The van der Waals surface area contributed by atoms with Crippen LogP contribution in [0, 0.1) is 0 Å². The van der Waals surface area contributed by atoms with Crippen LogP contribution in [0.1, 0.15) is 22.8 Å². The van der Waals surface area contributed by atoms with Crippen LogP contribution in [0.2, 0.25) is 0 Å². The Hall–Kier alpha value is -3.31. The van der Waals surface area contributed by atoms with Crippen molar-refractivity contribution in [1.82, 2.24) is 10.2 Å². The van der Waals surface area contributed by atoms with Gasteiger partial charge in [0.15, 0.2) is 0 Å². The SMILES string of the molecule is COc1ccc(CNC(=O)CN2Cc3ccccc3OC(c3ccccc3)C2)cc1. The maximum Gasteiger partial charge on any atom is 0.234 e. The van der Waals surface area contributed by atoms with E-state index in [0.717, 1.165) is 28.2 Å². The lowest BCUT2D eigenvalue weighted by molar-refractivity contribution is -0.122. The Morgan fingerprint density at radius 3 is 2.53 bits per heavy atom. The highest BCUT2D eigenvalue weighted by Gasteiger charge is 2.25. The van der Waals surface area contributed by atoms with Crippen molar-refractivity contribution in [2.75, 3.05) is 20.2 Å². The normalized spacial score (nSPS) is 16.1. The Labute approximate surface area is 177 Å². The van der Waals surface area contributed by atoms with Crippen LogP contribution in [-0.2, 0) is 17.9 Å². The predicted molar refractivity (Wildman–Crippen MR) is 116 cm³/mol. The van der Waals surface area contributed by atoms with Crippen LogP contribution in [0.15, 0.2) is 78.9 Å². The topological polar surface area (TPSA) is 50.8 Å². The minimum Gasteiger partial charge on any atom is -0.497 e. The van der Waals surface area contributed by atoms with Gasteiger partial charge in [0.25, 0.3) is 0 Å². The number of fused-ring (bicyclic) bond motifs is 1. The Morgan fingerprint density at radius 1 is 1.03 bits per heavy atom. The fraction of sp³-hybridized carbons (Fsp3) is 0.240. The number of hydrogen-bond donors (Lipinski definition) is 1.